The number of likely N-dealkylation sites (N-methyl/N-ethyl adjacent to an activating group) is 1. The molecule has 0 spiro atoms. The molecule has 4 aromatic rings. The molecular formula is C31H37Cl2N7. The third kappa shape index (κ3) is 5.53. The van der Waals surface area contributed by atoms with Gasteiger partial charge in [0, 0.05) is 79.7 Å². The highest BCUT2D eigenvalue weighted by Crippen LogP contribution is 2.36. The number of hydrogen-bond donors (Lipinski definition) is 1. The zero-order chi connectivity index (χ0) is 27.8. The largest absolute Gasteiger partial charge is 0.370 e. The minimum atomic E-state index is 0.315. The van der Waals surface area contributed by atoms with Gasteiger partial charge in [-0.3, -0.25) is 4.90 Å². The minimum absolute atomic E-state index is 0.315. The SMILES string of the molecule is CC(C)n1cc(-c2nc(Nc3ccc(N4CCC(N5CCN(C)CC5)CC4)c(Cl)c3)ncc2Cl)c2ccccc21. The normalized spacial score (nSPS) is 17.7. The smallest absolute Gasteiger partial charge is 0.227 e. The predicted octanol–water partition coefficient (Wildman–Crippen LogP) is 6.95. The molecule has 2 aromatic carbocycles. The lowest BCUT2D eigenvalue weighted by Gasteiger charge is -2.42. The van der Waals surface area contributed by atoms with Crippen LogP contribution in [0.2, 0.25) is 10.0 Å². The van der Waals surface area contributed by atoms with E-state index < -0.39 is 0 Å². The molecule has 0 atom stereocenters. The monoisotopic (exact) mass is 577 g/mol. The van der Waals surface area contributed by atoms with Gasteiger partial charge in [0.05, 0.1) is 27.6 Å². The molecule has 2 aliphatic heterocycles. The Morgan fingerprint density at radius 1 is 0.925 bits per heavy atom. The lowest BCUT2D eigenvalue weighted by molar-refractivity contribution is 0.0982. The van der Waals surface area contributed by atoms with Crippen molar-refractivity contribution in [2.45, 2.75) is 38.8 Å². The Balaban J connectivity index is 1.17. The van der Waals surface area contributed by atoms with Gasteiger partial charge in [0.1, 0.15) is 0 Å². The third-order valence-electron chi connectivity index (χ3n) is 8.36. The van der Waals surface area contributed by atoms with Crippen molar-refractivity contribution in [2.24, 2.45) is 0 Å². The van der Waals surface area contributed by atoms with Crippen molar-refractivity contribution in [3.63, 3.8) is 0 Å². The van der Waals surface area contributed by atoms with Gasteiger partial charge in [-0.15, -0.1) is 0 Å². The molecule has 40 heavy (non-hydrogen) atoms. The number of rotatable bonds is 6. The van der Waals surface area contributed by atoms with E-state index in [0.29, 0.717) is 28.7 Å². The van der Waals surface area contributed by atoms with Gasteiger partial charge in [0.25, 0.3) is 0 Å². The molecule has 0 saturated carbocycles. The van der Waals surface area contributed by atoms with Gasteiger partial charge in [-0.1, -0.05) is 41.4 Å². The van der Waals surface area contributed by atoms with Crippen molar-refractivity contribution in [2.75, 3.05) is 56.5 Å². The lowest BCUT2D eigenvalue weighted by atomic mass is 10.0. The number of fused-ring (bicyclic) bond motifs is 1. The second-order valence-corrected chi connectivity index (χ2v) is 12.1. The second kappa shape index (κ2) is 11.6. The van der Waals surface area contributed by atoms with Crippen LogP contribution < -0.4 is 10.2 Å². The number of halogens is 2. The van der Waals surface area contributed by atoms with E-state index in [-0.39, 0.29) is 0 Å². The zero-order valence-corrected chi connectivity index (χ0v) is 25.0. The fourth-order valence-corrected chi connectivity index (χ4v) is 6.56. The van der Waals surface area contributed by atoms with Crippen LogP contribution in [-0.4, -0.2) is 76.7 Å². The van der Waals surface area contributed by atoms with E-state index in [1.165, 1.54) is 39.0 Å². The van der Waals surface area contributed by atoms with E-state index in [2.05, 4.69) is 87.0 Å². The third-order valence-corrected chi connectivity index (χ3v) is 8.94. The van der Waals surface area contributed by atoms with Crippen LogP contribution in [0.3, 0.4) is 0 Å². The Morgan fingerprint density at radius 2 is 1.68 bits per heavy atom. The molecule has 4 heterocycles. The van der Waals surface area contributed by atoms with E-state index in [4.69, 9.17) is 28.2 Å². The van der Waals surface area contributed by atoms with E-state index in [1.807, 2.05) is 12.1 Å². The number of aromatic nitrogens is 3. The molecule has 6 rings (SSSR count). The van der Waals surface area contributed by atoms with Gasteiger partial charge in [-0.25, -0.2) is 9.97 Å². The lowest BCUT2D eigenvalue weighted by Crippen LogP contribution is -2.52. The minimum Gasteiger partial charge on any atom is -0.370 e. The summed E-state index contributed by atoms with van der Waals surface area (Å²) in [7, 11) is 2.21. The summed E-state index contributed by atoms with van der Waals surface area (Å²) in [5, 5.41) is 5.71. The molecule has 1 N–H and O–H groups in total. The van der Waals surface area contributed by atoms with Gasteiger partial charge in [0.2, 0.25) is 5.95 Å². The van der Waals surface area contributed by atoms with Crippen LogP contribution in [-0.2, 0) is 0 Å². The molecule has 7 nitrogen and oxygen atoms in total. The maximum Gasteiger partial charge on any atom is 0.227 e. The summed E-state index contributed by atoms with van der Waals surface area (Å²) in [6.45, 7) is 11.1. The molecule has 2 aliphatic rings. The molecule has 0 unspecified atom stereocenters. The van der Waals surface area contributed by atoms with Crippen LogP contribution in [0.1, 0.15) is 32.7 Å². The quantitative estimate of drug-likeness (QED) is 0.267. The van der Waals surface area contributed by atoms with Crippen LogP contribution in [0.25, 0.3) is 22.2 Å². The fourth-order valence-electron chi connectivity index (χ4n) is 6.07. The average molecular weight is 579 g/mol. The van der Waals surface area contributed by atoms with E-state index >= 15 is 0 Å². The number of nitrogens with one attached hydrogen (secondary N) is 1. The molecule has 0 amide bonds. The van der Waals surface area contributed by atoms with Crippen molar-refractivity contribution in [3.05, 3.63) is 64.9 Å². The van der Waals surface area contributed by atoms with Crippen LogP contribution in [0.15, 0.2) is 54.9 Å². The summed E-state index contributed by atoms with van der Waals surface area (Å²) < 4.78 is 2.25. The Morgan fingerprint density at radius 3 is 2.40 bits per heavy atom. The zero-order valence-electron chi connectivity index (χ0n) is 23.4. The van der Waals surface area contributed by atoms with Gasteiger partial charge in [-0.2, -0.15) is 0 Å². The number of nitrogens with zero attached hydrogens (tertiary/aromatic N) is 6. The van der Waals surface area contributed by atoms with Crippen LogP contribution in [0, 0.1) is 0 Å². The van der Waals surface area contributed by atoms with E-state index in [1.54, 1.807) is 6.20 Å². The standard InChI is InChI=1S/C31H37Cl2N7/c1-21(2)40-20-25(24-6-4-5-7-28(24)40)30-27(33)19-34-31(36-30)35-22-8-9-29(26(32)18-22)39-12-10-23(11-13-39)38-16-14-37(3)15-17-38/h4-9,18-21,23H,10-17H2,1-3H3,(H,34,35,36). The summed E-state index contributed by atoms with van der Waals surface area (Å²) in [6.07, 6.45) is 6.14. The summed E-state index contributed by atoms with van der Waals surface area (Å²) >= 11 is 13.4. The molecule has 2 aromatic heterocycles. The molecule has 210 valence electrons. The molecule has 2 saturated heterocycles. The first kappa shape index (κ1) is 27.3. The van der Waals surface area contributed by atoms with E-state index in [0.717, 1.165) is 46.0 Å². The number of piperidine rings is 1. The molecule has 0 bridgehead atoms. The van der Waals surface area contributed by atoms with Crippen molar-refractivity contribution in [3.8, 4) is 11.3 Å². The first-order chi connectivity index (χ1) is 19.4. The van der Waals surface area contributed by atoms with Crippen LogP contribution in [0.4, 0.5) is 17.3 Å². The Kier molecular flexibility index (Phi) is 7.91. The molecule has 2 fully saturated rings. The van der Waals surface area contributed by atoms with Crippen LogP contribution in [0.5, 0.6) is 0 Å². The fraction of sp³-hybridized carbons (Fsp3) is 0.419. The highest BCUT2D eigenvalue weighted by atomic mass is 35.5. The highest BCUT2D eigenvalue weighted by Gasteiger charge is 2.27. The topological polar surface area (TPSA) is 52.5 Å². The van der Waals surface area contributed by atoms with E-state index in [9.17, 15) is 0 Å². The number of para-hydroxylation sites is 1. The maximum absolute atomic E-state index is 6.82. The maximum atomic E-state index is 6.82. The number of piperazine rings is 1. The second-order valence-electron chi connectivity index (χ2n) is 11.3. The first-order valence-electron chi connectivity index (χ1n) is 14.2. The van der Waals surface area contributed by atoms with Crippen molar-refractivity contribution in [1.29, 1.82) is 0 Å². The number of anilines is 3. The van der Waals surface area contributed by atoms with Gasteiger partial charge in [-0.05, 0) is 58.0 Å². The first-order valence-corrected chi connectivity index (χ1v) is 15.0. The van der Waals surface area contributed by atoms with Gasteiger partial charge < -0.3 is 19.7 Å². The predicted molar refractivity (Wildman–Crippen MR) is 167 cm³/mol. The Labute approximate surface area is 246 Å². The number of hydrogen-bond acceptors (Lipinski definition) is 6. The molecule has 0 radical (unpaired) electrons. The Bertz CT molecular complexity index is 1480. The van der Waals surface area contributed by atoms with Crippen molar-refractivity contribution in [1.82, 2.24) is 24.3 Å². The Hall–Kier alpha value is -2.84. The summed E-state index contributed by atoms with van der Waals surface area (Å²) in [5.41, 5.74) is 4.79. The number of benzene rings is 2. The van der Waals surface area contributed by atoms with Gasteiger partial charge >= 0.3 is 0 Å². The highest BCUT2D eigenvalue weighted by molar-refractivity contribution is 6.34. The van der Waals surface area contributed by atoms with Crippen molar-refractivity contribution >= 4 is 51.4 Å². The average Bonchev–Trinajstić information content (AvgIpc) is 3.35. The summed E-state index contributed by atoms with van der Waals surface area (Å²) in [6, 6.07) is 15.5. The molecule has 0 aliphatic carbocycles. The van der Waals surface area contributed by atoms with Gasteiger partial charge in [0.15, 0.2) is 0 Å². The van der Waals surface area contributed by atoms with Crippen LogP contribution >= 0.6 is 23.2 Å². The van der Waals surface area contributed by atoms with Crippen molar-refractivity contribution < 1.29 is 0 Å². The summed E-state index contributed by atoms with van der Waals surface area (Å²) in [4.78, 5) is 16.8. The summed E-state index contributed by atoms with van der Waals surface area (Å²) in [5.74, 6) is 0.484. The molecule has 9 heteroatoms. The molecular weight excluding hydrogens is 541 g/mol.